The highest BCUT2D eigenvalue weighted by Gasteiger charge is 2.22. The summed E-state index contributed by atoms with van der Waals surface area (Å²) in [5.41, 5.74) is 1.02. The maximum Gasteiger partial charge on any atom is 0.264 e. The standard InChI is InChI=1S/C19H23N3O4S/c1-21(17-7-3-2-4-8-17)27(24,25)18-9-5-6-16(14-18)20-19(23)15-22-10-12-26-13-11-22/h2-9,14H,10-13,15H2,1H3,(H,20,23). The topological polar surface area (TPSA) is 79.0 Å². The first kappa shape index (κ1) is 19.3. The molecule has 1 heterocycles. The predicted molar refractivity (Wildman–Crippen MR) is 104 cm³/mol. The Morgan fingerprint density at radius 1 is 1.11 bits per heavy atom. The number of sulfonamides is 1. The van der Waals surface area contributed by atoms with E-state index in [-0.39, 0.29) is 17.3 Å². The third kappa shape index (κ3) is 4.85. The van der Waals surface area contributed by atoms with Crippen molar-refractivity contribution in [2.24, 2.45) is 0 Å². The number of anilines is 2. The molecule has 0 aromatic heterocycles. The lowest BCUT2D eigenvalue weighted by Gasteiger charge is -2.25. The van der Waals surface area contributed by atoms with Crippen LogP contribution in [0, 0.1) is 0 Å². The van der Waals surface area contributed by atoms with Crippen LogP contribution in [-0.2, 0) is 19.6 Å². The number of carbonyl (C=O) groups excluding carboxylic acids is 1. The lowest BCUT2D eigenvalue weighted by molar-refractivity contribution is -0.118. The van der Waals surface area contributed by atoms with Gasteiger partial charge in [-0.25, -0.2) is 8.42 Å². The number of nitrogens with zero attached hydrogens (tertiary/aromatic N) is 2. The minimum Gasteiger partial charge on any atom is -0.379 e. The number of ether oxygens (including phenoxy) is 1. The van der Waals surface area contributed by atoms with E-state index in [1.165, 1.54) is 23.5 Å². The Morgan fingerprint density at radius 3 is 2.52 bits per heavy atom. The molecule has 1 saturated heterocycles. The van der Waals surface area contributed by atoms with E-state index < -0.39 is 10.0 Å². The van der Waals surface area contributed by atoms with Gasteiger partial charge in [0.2, 0.25) is 5.91 Å². The van der Waals surface area contributed by atoms with Crippen LogP contribution in [0.1, 0.15) is 0 Å². The summed E-state index contributed by atoms with van der Waals surface area (Å²) in [7, 11) is -2.21. The monoisotopic (exact) mass is 389 g/mol. The van der Waals surface area contributed by atoms with Gasteiger partial charge in [0.25, 0.3) is 10.0 Å². The van der Waals surface area contributed by atoms with E-state index in [0.29, 0.717) is 37.7 Å². The Bertz CT molecular complexity index is 881. The maximum absolute atomic E-state index is 12.9. The highest BCUT2D eigenvalue weighted by molar-refractivity contribution is 7.92. The smallest absolute Gasteiger partial charge is 0.264 e. The molecule has 0 radical (unpaired) electrons. The van der Waals surface area contributed by atoms with Gasteiger partial charge in [-0.15, -0.1) is 0 Å². The molecule has 8 heteroatoms. The summed E-state index contributed by atoms with van der Waals surface area (Å²) in [5.74, 6) is -0.178. The van der Waals surface area contributed by atoms with E-state index in [1.54, 1.807) is 36.4 Å². The molecule has 2 aromatic carbocycles. The second-order valence-electron chi connectivity index (χ2n) is 6.27. The summed E-state index contributed by atoms with van der Waals surface area (Å²) in [4.78, 5) is 14.4. The molecule has 144 valence electrons. The van der Waals surface area contributed by atoms with Crippen molar-refractivity contribution in [3.8, 4) is 0 Å². The summed E-state index contributed by atoms with van der Waals surface area (Å²) in [6, 6.07) is 15.1. The Balaban J connectivity index is 1.71. The van der Waals surface area contributed by atoms with Crippen molar-refractivity contribution in [3.63, 3.8) is 0 Å². The number of para-hydroxylation sites is 1. The molecule has 7 nitrogen and oxygen atoms in total. The fourth-order valence-corrected chi connectivity index (χ4v) is 4.07. The van der Waals surface area contributed by atoms with E-state index in [2.05, 4.69) is 5.32 Å². The van der Waals surface area contributed by atoms with Crippen LogP contribution in [0.4, 0.5) is 11.4 Å². The molecule has 1 N–H and O–H groups in total. The lowest BCUT2D eigenvalue weighted by atomic mass is 10.3. The molecule has 0 bridgehead atoms. The van der Waals surface area contributed by atoms with Crippen LogP contribution in [0.3, 0.4) is 0 Å². The van der Waals surface area contributed by atoms with Gasteiger partial charge in [-0.2, -0.15) is 0 Å². The van der Waals surface area contributed by atoms with Crippen molar-refractivity contribution in [3.05, 3.63) is 54.6 Å². The number of morpholine rings is 1. The van der Waals surface area contributed by atoms with Crippen molar-refractivity contribution in [1.29, 1.82) is 0 Å². The predicted octanol–water partition coefficient (Wildman–Crippen LogP) is 1.78. The highest BCUT2D eigenvalue weighted by Crippen LogP contribution is 2.23. The molecular formula is C19H23N3O4S. The van der Waals surface area contributed by atoms with Crippen LogP contribution in [0.5, 0.6) is 0 Å². The molecule has 0 unspecified atom stereocenters. The Morgan fingerprint density at radius 2 is 1.81 bits per heavy atom. The quantitative estimate of drug-likeness (QED) is 0.815. The summed E-state index contributed by atoms with van der Waals surface area (Å²) >= 11 is 0. The number of amides is 1. The van der Waals surface area contributed by atoms with Gasteiger partial charge in [-0.05, 0) is 30.3 Å². The average molecular weight is 389 g/mol. The van der Waals surface area contributed by atoms with Gasteiger partial charge < -0.3 is 10.1 Å². The van der Waals surface area contributed by atoms with E-state index in [4.69, 9.17) is 4.74 Å². The van der Waals surface area contributed by atoms with E-state index in [9.17, 15) is 13.2 Å². The van der Waals surface area contributed by atoms with Gasteiger partial charge >= 0.3 is 0 Å². The molecule has 0 saturated carbocycles. The summed E-state index contributed by atoms with van der Waals surface area (Å²) in [6.07, 6.45) is 0. The number of carbonyl (C=O) groups is 1. The van der Waals surface area contributed by atoms with Crippen molar-refractivity contribution < 1.29 is 17.9 Å². The van der Waals surface area contributed by atoms with Gasteiger partial charge in [-0.3, -0.25) is 14.0 Å². The van der Waals surface area contributed by atoms with Crippen molar-refractivity contribution in [2.75, 3.05) is 49.5 Å². The number of hydrogen-bond acceptors (Lipinski definition) is 5. The second-order valence-corrected chi connectivity index (χ2v) is 8.24. The molecule has 0 spiro atoms. The highest BCUT2D eigenvalue weighted by atomic mass is 32.2. The third-order valence-corrected chi connectivity index (χ3v) is 6.15. The molecule has 0 atom stereocenters. The normalized spacial score (nSPS) is 15.3. The molecule has 1 aliphatic heterocycles. The second kappa shape index (κ2) is 8.51. The van der Waals surface area contributed by atoms with E-state index in [1.807, 2.05) is 11.0 Å². The van der Waals surface area contributed by atoms with Gasteiger partial charge in [0, 0.05) is 25.8 Å². The van der Waals surface area contributed by atoms with Gasteiger partial charge in [0.1, 0.15) is 0 Å². The number of rotatable bonds is 6. The van der Waals surface area contributed by atoms with Crippen molar-refractivity contribution in [1.82, 2.24) is 4.90 Å². The molecular weight excluding hydrogens is 366 g/mol. The molecule has 0 aliphatic carbocycles. The summed E-state index contributed by atoms with van der Waals surface area (Å²) in [5, 5.41) is 2.78. The van der Waals surface area contributed by atoms with Crippen molar-refractivity contribution >= 4 is 27.3 Å². The summed E-state index contributed by atoms with van der Waals surface area (Å²) in [6.45, 7) is 2.91. The van der Waals surface area contributed by atoms with Crippen LogP contribution in [0.15, 0.2) is 59.5 Å². The molecule has 1 fully saturated rings. The Labute approximate surface area is 159 Å². The number of hydrogen-bond donors (Lipinski definition) is 1. The number of nitrogens with one attached hydrogen (secondary N) is 1. The fraction of sp³-hybridized carbons (Fsp3) is 0.316. The zero-order valence-electron chi connectivity index (χ0n) is 15.2. The first-order valence-corrected chi connectivity index (χ1v) is 10.1. The SMILES string of the molecule is CN(c1ccccc1)S(=O)(=O)c1cccc(NC(=O)CN2CCOCC2)c1. The third-order valence-electron chi connectivity index (χ3n) is 4.37. The lowest BCUT2D eigenvalue weighted by Crippen LogP contribution is -2.41. The first-order chi connectivity index (χ1) is 13.0. The Hall–Kier alpha value is -2.42. The summed E-state index contributed by atoms with van der Waals surface area (Å²) < 4.78 is 32.2. The van der Waals surface area contributed by atoms with Gasteiger partial charge in [0.15, 0.2) is 0 Å². The molecule has 2 aromatic rings. The van der Waals surface area contributed by atoms with Crippen LogP contribution >= 0.6 is 0 Å². The van der Waals surface area contributed by atoms with Gasteiger partial charge in [-0.1, -0.05) is 24.3 Å². The zero-order chi connectivity index (χ0) is 19.3. The van der Waals surface area contributed by atoms with Crippen LogP contribution in [0.25, 0.3) is 0 Å². The van der Waals surface area contributed by atoms with Crippen molar-refractivity contribution in [2.45, 2.75) is 4.90 Å². The minimum absolute atomic E-state index is 0.123. The number of benzene rings is 2. The zero-order valence-corrected chi connectivity index (χ0v) is 16.0. The maximum atomic E-state index is 12.9. The largest absolute Gasteiger partial charge is 0.379 e. The molecule has 1 aliphatic rings. The Kier molecular flexibility index (Phi) is 6.10. The molecule has 27 heavy (non-hydrogen) atoms. The van der Waals surface area contributed by atoms with E-state index in [0.717, 1.165) is 0 Å². The molecule has 1 amide bonds. The fourth-order valence-electron chi connectivity index (χ4n) is 2.83. The van der Waals surface area contributed by atoms with Crippen LogP contribution in [0.2, 0.25) is 0 Å². The van der Waals surface area contributed by atoms with Crippen LogP contribution in [-0.4, -0.2) is 59.1 Å². The van der Waals surface area contributed by atoms with Gasteiger partial charge in [0.05, 0.1) is 30.3 Å². The molecule has 3 rings (SSSR count). The average Bonchev–Trinajstić information content (AvgIpc) is 2.69. The minimum atomic E-state index is -3.72. The van der Waals surface area contributed by atoms with E-state index >= 15 is 0 Å². The van der Waals surface area contributed by atoms with Crippen LogP contribution < -0.4 is 9.62 Å². The first-order valence-electron chi connectivity index (χ1n) is 8.71.